The lowest BCUT2D eigenvalue weighted by atomic mass is 9.89. The number of fused-ring (bicyclic) bond motifs is 3. The average molecular weight is 491 g/mol. The van der Waals surface area contributed by atoms with E-state index in [0.717, 1.165) is 16.9 Å². The summed E-state index contributed by atoms with van der Waals surface area (Å²) in [4.78, 5) is 27.3. The van der Waals surface area contributed by atoms with E-state index in [0.29, 0.717) is 25.8 Å². The molecule has 0 radical (unpaired) electrons. The van der Waals surface area contributed by atoms with Crippen LogP contribution in [0.3, 0.4) is 0 Å². The molecule has 0 saturated carbocycles. The summed E-state index contributed by atoms with van der Waals surface area (Å²) < 4.78 is 1.71. The monoisotopic (exact) mass is 490 g/mol. The van der Waals surface area contributed by atoms with Crippen molar-refractivity contribution in [3.63, 3.8) is 0 Å². The minimum atomic E-state index is -0.550. The van der Waals surface area contributed by atoms with Crippen molar-refractivity contribution >= 4 is 17.5 Å². The van der Waals surface area contributed by atoms with Gasteiger partial charge in [0.25, 0.3) is 0 Å². The van der Waals surface area contributed by atoms with Crippen LogP contribution in [0.5, 0.6) is 5.75 Å². The molecule has 0 aliphatic carbocycles. The zero-order chi connectivity index (χ0) is 24.5. The second-order valence-corrected chi connectivity index (χ2v) is 10.5. The van der Waals surface area contributed by atoms with Crippen LogP contribution < -0.4 is 10.4 Å². The lowest BCUT2D eigenvalue weighted by molar-refractivity contribution is 0.0894. The van der Waals surface area contributed by atoms with E-state index in [9.17, 15) is 19.8 Å². The Hall–Kier alpha value is -3.03. The van der Waals surface area contributed by atoms with Crippen LogP contribution in [0.4, 0.5) is 0 Å². The van der Waals surface area contributed by atoms with Gasteiger partial charge in [-0.3, -0.25) is 14.3 Å². The van der Waals surface area contributed by atoms with Crippen molar-refractivity contribution in [2.75, 3.05) is 18.2 Å². The molecule has 2 aromatic carbocycles. The molecule has 0 spiro atoms. The van der Waals surface area contributed by atoms with E-state index >= 15 is 0 Å². The lowest BCUT2D eigenvalue weighted by Gasteiger charge is -2.36. The first kappa shape index (κ1) is 23.7. The van der Waals surface area contributed by atoms with Gasteiger partial charge in [0.15, 0.2) is 17.2 Å². The van der Waals surface area contributed by atoms with Gasteiger partial charge in [-0.25, -0.2) is 0 Å². The maximum absolute atomic E-state index is 13.7. The number of nitrogens with zero attached hydrogens (tertiary/aromatic N) is 2. The highest BCUT2D eigenvalue weighted by molar-refractivity contribution is 7.98. The van der Waals surface area contributed by atoms with Crippen molar-refractivity contribution in [3.8, 4) is 5.75 Å². The Bertz CT molecular complexity index is 1260. The fourth-order valence-corrected chi connectivity index (χ4v) is 6.30. The van der Waals surface area contributed by atoms with Crippen LogP contribution in [-0.2, 0) is 5.75 Å². The molecule has 7 heteroatoms. The summed E-state index contributed by atoms with van der Waals surface area (Å²) in [6.45, 7) is 2.61. The molecule has 0 bridgehead atoms. The fourth-order valence-electron chi connectivity index (χ4n) is 5.20. The highest BCUT2D eigenvalue weighted by atomic mass is 32.2. The molecule has 35 heavy (non-hydrogen) atoms. The standard InChI is InChI=1S/C28H30N2O4S/c1-18(16-31)10-11-19-12-14-29(30-15-13-23(32)28(34)26(30)27(19)33)25-21-7-3-2-6-20(21)17-35-24-9-5-4-8-22(24)25/h2-9,13,15,18-19,25,31,34H,10-12,14,16-17H2,1H3/t18-,19?,25?/m1/s1. The van der Waals surface area contributed by atoms with E-state index in [4.69, 9.17) is 0 Å². The van der Waals surface area contributed by atoms with E-state index in [1.54, 1.807) is 22.6 Å². The lowest BCUT2D eigenvalue weighted by Crippen LogP contribution is -2.41. The number of carbonyl (C=O) groups is 1. The van der Waals surface area contributed by atoms with Crippen LogP contribution in [0.15, 0.2) is 70.5 Å². The Morgan fingerprint density at radius 1 is 1.06 bits per heavy atom. The smallest absolute Gasteiger partial charge is 0.224 e. The van der Waals surface area contributed by atoms with Gasteiger partial charge in [0.05, 0.1) is 6.04 Å². The van der Waals surface area contributed by atoms with Gasteiger partial charge in [0, 0.05) is 42.0 Å². The van der Waals surface area contributed by atoms with Gasteiger partial charge in [0.1, 0.15) is 0 Å². The number of hydrogen-bond acceptors (Lipinski definition) is 6. The zero-order valence-electron chi connectivity index (χ0n) is 19.8. The predicted molar refractivity (Wildman–Crippen MR) is 138 cm³/mol. The van der Waals surface area contributed by atoms with Gasteiger partial charge < -0.3 is 15.2 Å². The molecule has 0 fully saturated rings. The molecular weight excluding hydrogens is 460 g/mol. The minimum Gasteiger partial charge on any atom is -0.503 e. The topological polar surface area (TPSA) is 82.8 Å². The highest BCUT2D eigenvalue weighted by Gasteiger charge is 2.37. The number of benzene rings is 2. The Balaban J connectivity index is 1.67. The first-order valence-electron chi connectivity index (χ1n) is 12.2. The summed E-state index contributed by atoms with van der Waals surface area (Å²) >= 11 is 1.80. The maximum atomic E-state index is 13.7. The van der Waals surface area contributed by atoms with Crippen LogP contribution in [-0.4, -0.2) is 33.8 Å². The quantitative estimate of drug-likeness (QED) is 0.548. The summed E-state index contributed by atoms with van der Waals surface area (Å²) in [7, 11) is 0. The van der Waals surface area contributed by atoms with Crippen LogP contribution in [0.2, 0.25) is 0 Å². The number of aromatic hydroxyl groups is 1. The number of rotatable bonds is 5. The molecule has 5 rings (SSSR count). The normalized spacial score (nSPS) is 20.3. The molecule has 3 aromatic rings. The molecule has 0 amide bonds. The summed E-state index contributed by atoms with van der Waals surface area (Å²) in [6, 6.07) is 17.9. The second-order valence-electron chi connectivity index (χ2n) is 9.53. The maximum Gasteiger partial charge on any atom is 0.224 e. The van der Waals surface area contributed by atoms with Gasteiger partial charge in [-0.15, -0.1) is 11.8 Å². The number of aliphatic hydroxyl groups excluding tert-OH is 1. The number of thioether (sulfide) groups is 1. The molecule has 0 saturated heterocycles. The van der Waals surface area contributed by atoms with Crippen molar-refractivity contribution in [2.24, 2.45) is 11.8 Å². The van der Waals surface area contributed by atoms with E-state index < -0.39 is 11.2 Å². The molecule has 2 N–H and O–H groups in total. The Morgan fingerprint density at radius 2 is 1.80 bits per heavy atom. The van der Waals surface area contributed by atoms with Crippen molar-refractivity contribution in [2.45, 2.75) is 42.9 Å². The number of hydrogen-bond donors (Lipinski definition) is 2. The second kappa shape index (κ2) is 9.91. The van der Waals surface area contributed by atoms with Gasteiger partial charge in [-0.1, -0.05) is 49.4 Å². The van der Waals surface area contributed by atoms with Gasteiger partial charge in [-0.2, -0.15) is 0 Å². The average Bonchev–Trinajstić information content (AvgIpc) is 3.13. The first-order chi connectivity index (χ1) is 17.0. The van der Waals surface area contributed by atoms with Crippen LogP contribution >= 0.6 is 11.8 Å². The first-order valence-corrected chi connectivity index (χ1v) is 13.1. The van der Waals surface area contributed by atoms with Crippen molar-refractivity contribution < 1.29 is 15.0 Å². The Kier molecular flexibility index (Phi) is 6.71. The Labute approximate surface area is 209 Å². The molecule has 3 atom stereocenters. The third-order valence-corrected chi connectivity index (χ3v) is 8.34. The number of aliphatic hydroxyl groups is 1. The van der Waals surface area contributed by atoms with Crippen LogP contribution in [0, 0.1) is 11.8 Å². The largest absolute Gasteiger partial charge is 0.503 e. The fraction of sp³-hybridized carbons (Fsp3) is 0.357. The van der Waals surface area contributed by atoms with E-state index in [1.165, 1.54) is 16.5 Å². The SMILES string of the molecule is C[C@@H](CO)CCC1CCN(C2c3ccccc3CSc3ccccc32)n2ccc(=O)c(O)c2C1=O. The zero-order valence-corrected chi connectivity index (χ0v) is 20.6. The molecule has 2 aliphatic rings. The molecule has 2 unspecified atom stereocenters. The molecule has 6 nitrogen and oxygen atoms in total. The van der Waals surface area contributed by atoms with Crippen molar-refractivity contribution in [1.29, 1.82) is 0 Å². The summed E-state index contributed by atoms with van der Waals surface area (Å²) in [5.74, 6) is -0.100. The van der Waals surface area contributed by atoms with Gasteiger partial charge in [-0.05, 0) is 47.9 Å². The third-order valence-electron chi connectivity index (χ3n) is 7.21. The molecule has 182 valence electrons. The molecule has 1 aromatic heterocycles. The summed E-state index contributed by atoms with van der Waals surface area (Å²) in [5, 5.41) is 22.4. The van der Waals surface area contributed by atoms with Gasteiger partial charge >= 0.3 is 0 Å². The predicted octanol–water partition coefficient (Wildman–Crippen LogP) is 4.50. The number of carbonyl (C=O) groups excluding carboxylic acids is 1. The third kappa shape index (κ3) is 4.39. The molecular formula is C28H30N2O4S. The van der Waals surface area contributed by atoms with Crippen molar-refractivity contribution in [3.05, 3.63) is 93.4 Å². The van der Waals surface area contributed by atoms with Gasteiger partial charge in [0.2, 0.25) is 5.43 Å². The van der Waals surface area contributed by atoms with Crippen molar-refractivity contribution in [1.82, 2.24) is 4.68 Å². The number of pyridine rings is 1. The summed E-state index contributed by atoms with van der Waals surface area (Å²) in [5.41, 5.74) is 3.05. The highest BCUT2D eigenvalue weighted by Crippen LogP contribution is 2.43. The Morgan fingerprint density at radius 3 is 2.60 bits per heavy atom. The molecule has 3 heterocycles. The number of aromatic nitrogens is 1. The van der Waals surface area contributed by atoms with Crippen LogP contribution in [0.1, 0.15) is 59.4 Å². The molecule has 2 aliphatic heterocycles. The van der Waals surface area contributed by atoms with E-state index in [1.807, 2.05) is 31.2 Å². The van der Waals surface area contributed by atoms with E-state index in [-0.39, 0.29) is 36.0 Å². The van der Waals surface area contributed by atoms with E-state index in [2.05, 4.69) is 29.3 Å². The van der Waals surface area contributed by atoms with Crippen LogP contribution in [0.25, 0.3) is 0 Å². The number of Topliss-reactive ketones (excluding diaryl/α,β-unsaturated/α-hetero) is 1. The summed E-state index contributed by atoms with van der Waals surface area (Å²) in [6.07, 6.45) is 3.53. The minimum absolute atomic E-state index is 0.0588. The number of ketones is 1.